The van der Waals surface area contributed by atoms with Crippen molar-refractivity contribution < 1.29 is 27.9 Å². The molecule has 12 nitrogen and oxygen atoms in total. The van der Waals surface area contributed by atoms with Gasteiger partial charge in [-0.25, -0.2) is 18.0 Å². The molecule has 0 aliphatic rings. The van der Waals surface area contributed by atoms with Gasteiger partial charge in [-0.3, -0.25) is 20.2 Å². The first-order valence-electron chi connectivity index (χ1n) is 3.99. The van der Waals surface area contributed by atoms with E-state index >= 15 is 0 Å². The molecule has 100 valence electrons. The van der Waals surface area contributed by atoms with E-state index in [1.807, 2.05) is 0 Å². The van der Waals surface area contributed by atoms with Crippen molar-refractivity contribution in [3.63, 3.8) is 0 Å². The molecule has 2 atom stereocenters. The van der Waals surface area contributed by atoms with Gasteiger partial charge in [0.2, 0.25) is 9.84 Å². The van der Waals surface area contributed by atoms with Gasteiger partial charge in [0.25, 0.3) is 10.5 Å². The summed E-state index contributed by atoms with van der Waals surface area (Å²) >= 11 is 0. The van der Waals surface area contributed by atoms with E-state index in [0.717, 1.165) is 12.1 Å². The zero-order valence-electron chi connectivity index (χ0n) is 8.62. The quantitative estimate of drug-likeness (QED) is 0.403. The van der Waals surface area contributed by atoms with Gasteiger partial charge in [0.05, 0.1) is 12.1 Å². The molecule has 0 aromatic rings. The number of rotatable bonds is 4. The highest BCUT2D eigenvalue weighted by molar-refractivity contribution is 7.94. The summed E-state index contributed by atoms with van der Waals surface area (Å²) in [5, 5.41) is 31.0. The minimum Gasteiger partial charge on any atom is -0.256 e. The average molecular weight is 290 g/mol. The maximum Gasteiger partial charge on any atom is 0.476 e. The van der Waals surface area contributed by atoms with Gasteiger partial charge in [-0.2, -0.15) is 10.5 Å². The molecule has 0 bridgehead atoms. The molecule has 0 spiro atoms. The first kappa shape index (κ1) is 16.1. The van der Waals surface area contributed by atoms with Crippen LogP contribution in [-0.2, 0) is 19.4 Å². The second kappa shape index (κ2) is 5.61. The Morgan fingerprint density at radius 2 is 1.21 bits per heavy atom. The lowest BCUT2D eigenvalue weighted by Crippen LogP contribution is -2.44. The fourth-order valence-corrected chi connectivity index (χ4v) is 2.17. The Balaban J connectivity index is 5.85. The normalized spacial score (nSPS) is 13.4. The highest BCUT2D eigenvalue weighted by atomic mass is 32.2. The highest BCUT2D eigenvalue weighted by Crippen LogP contribution is 2.12. The summed E-state index contributed by atoms with van der Waals surface area (Å²) in [4.78, 5) is 38.4. The third-order valence-electron chi connectivity index (χ3n) is 1.70. The number of hydrogen-bond acceptors (Lipinski definition) is 10. The van der Waals surface area contributed by atoms with Crippen molar-refractivity contribution in [3.8, 4) is 12.1 Å². The smallest absolute Gasteiger partial charge is 0.256 e. The molecule has 2 amide bonds. The van der Waals surface area contributed by atoms with Crippen molar-refractivity contribution in [2.45, 2.75) is 10.5 Å². The Kier molecular flexibility index (Phi) is 4.74. The molecule has 19 heavy (non-hydrogen) atoms. The average Bonchev–Trinajstić information content (AvgIpc) is 2.29. The number of nitriles is 2. The number of carbonyl (C=O) groups excluding carboxylic acids is 2. The van der Waals surface area contributed by atoms with Gasteiger partial charge in [-0.05, 0) is 0 Å². The lowest BCUT2D eigenvalue weighted by atomic mass is 10.4. The maximum absolute atomic E-state index is 11.5. The van der Waals surface area contributed by atoms with Crippen LogP contribution >= 0.6 is 0 Å². The SMILES string of the molecule is N#CC(C(=O)[N+](=O)[O-])S(=O)(=O)C(C#N)C(=O)[N+](=O)[O-]. The van der Waals surface area contributed by atoms with Crippen LogP contribution in [0.3, 0.4) is 0 Å². The van der Waals surface area contributed by atoms with Gasteiger partial charge < -0.3 is 0 Å². The van der Waals surface area contributed by atoms with Crippen LogP contribution in [0.25, 0.3) is 0 Å². The van der Waals surface area contributed by atoms with Gasteiger partial charge >= 0.3 is 11.8 Å². The summed E-state index contributed by atoms with van der Waals surface area (Å²) in [5.41, 5.74) is 0. The van der Waals surface area contributed by atoms with Crippen molar-refractivity contribution in [1.82, 2.24) is 0 Å². The molecule has 0 N–H and O–H groups in total. The number of nitrogens with zero attached hydrogens (tertiary/aromatic N) is 4. The number of hydrogen-bond donors (Lipinski definition) is 0. The predicted molar refractivity (Wildman–Crippen MR) is 51.7 cm³/mol. The van der Waals surface area contributed by atoms with Crippen LogP contribution in [0.5, 0.6) is 0 Å². The van der Waals surface area contributed by atoms with Crippen LogP contribution < -0.4 is 0 Å². The minimum absolute atomic E-state index is 0.727. The Hall–Kier alpha value is -2.93. The first-order valence-corrected chi connectivity index (χ1v) is 5.60. The van der Waals surface area contributed by atoms with Crippen LogP contribution in [0.15, 0.2) is 0 Å². The van der Waals surface area contributed by atoms with E-state index < -0.39 is 42.0 Å². The molecular weight excluding hydrogens is 288 g/mol. The standard InChI is InChI=1S/C6H2N4O8S/c7-1-3(5(11)9(13)14)19(17,18)4(2-8)6(12)10(15)16/h3-4H. The Bertz CT molecular complexity index is 587. The van der Waals surface area contributed by atoms with E-state index in [2.05, 4.69) is 0 Å². The number of sulfone groups is 1. The third-order valence-corrected chi connectivity index (χ3v) is 3.63. The third kappa shape index (κ3) is 3.05. The van der Waals surface area contributed by atoms with Gasteiger partial charge in [-0.1, -0.05) is 0 Å². The molecule has 2 unspecified atom stereocenters. The van der Waals surface area contributed by atoms with Gasteiger partial charge in [0.15, 0.2) is 0 Å². The Labute approximate surface area is 104 Å². The largest absolute Gasteiger partial charge is 0.476 e. The molecule has 0 saturated heterocycles. The van der Waals surface area contributed by atoms with E-state index in [-0.39, 0.29) is 0 Å². The minimum atomic E-state index is -5.36. The van der Waals surface area contributed by atoms with Crippen LogP contribution in [0.2, 0.25) is 0 Å². The lowest BCUT2D eigenvalue weighted by Gasteiger charge is -2.05. The van der Waals surface area contributed by atoms with Gasteiger partial charge in [-0.15, -0.1) is 0 Å². The molecule has 13 heteroatoms. The van der Waals surface area contributed by atoms with E-state index in [1.165, 1.54) is 0 Å². The van der Waals surface area contributed by atoms with E-state index in [4.69, 9.17) is 10.5 Å². The van der Waals surface area contributed by atoms with Crippen LogP contribution in [0, 0.1) is 42.9 Å². The lowest BCUT2D eigenvalue weighted by molar-refractivity contribution is -0.401. The van der Waals surface area contributed by atoms with Crippen LogP contribution in [-0.4, -0.2) is 40.6 Å². The van der Waals surface area contributed by atoms with Crippen molar-refractivity contribution in [2.75, 3.05) is 0 Å². The maximum atomic E-state index is 11.5. The second-order valence-electron chi connectivity index (χ2n) is 2.80. The summed E-state index contributed by atoms with van der Waals surface area (Å²) in [5.74, 6) is -4.61. The molecule has 0 fully saturated rings. The fraction of sp³-hybridized carbons (Fsp3) is 0.333. The number of nitro groups is 2. The molecule has 0 aliphatic heterocycles. The molecule has 0 aromatic heterocycles. The molecule has 0 saturated carbocycles. The zero-order valence-corrected chi connectivity index (χ0v) is 9.43. The summed E-state index contributed by atoms with van der Waals surface area (Å²) in [6.45, 7) is 0. The summed E-state index contributed by atoms with van der Waals surface area (Å²) in [6, 6.07) is 1.45. The summed E-state index contributed by atoms with van der Waals surface area (Å²) in [6.07, 6.45) is 0. The molecule has 0 aromatic carbocycles. The summed E-state index contributed by atoms with van der Waals surface area (Å²) < 4.78 is 23.0. The van der Waals surface area contributed by atoms with E-state index in [0.29, 0.717) is 0 Å². The monoisotopic (exact) mass is 290 g/mol. The zero-order chi connectivity index (χ0) is 15.4. The molecule has 0 radical (unpaired) electrons. The molecular formula is C6H2N4O8S. The predicted octanol–water partition coefficient (Wildman–Crippen LogP) is -2.21. The molecule has 0 heterocycles. The van der Waals surface area contributed by atoms with Gasteiger partial charge in [0.1, 0.15) is 9.85 Å². The summed E-state index contributed by atoms with van der Waals surface area (Å²) in [7, 11) is -5.36. The molecule has 0 aliphatic carbocycles. The van der Waals surface area contributed by atoms with Crippen molar-refractivity contribution in [2.24, 2.45) is 0 Å². The number of carbonyl (C=O) groups is 2. The van der Waals surface area contributed by atoms with Crippen LogP contribution in [0.4, 0.5) is 0 Å². The van der Waals surface area contributed by atoms with Crippen molar-refractivity contribution in [3.05, 3.63) is 20.2 Å². The highest BCUT2D eigenvalue weighted by Gasteiger charge is 2.52. The number of amides is 2. The second-order valence-corrected chi connectivity index (χ2v) is 4.92. The van der Waals surface area contributed by atoms with Gasteiger partial charge in [0, 0.05) is 0 Å². The topological polar surface area (TPSA) is 202 Å². The fourth-order valence-electron chi connectivity index (χ4n) is 0.866. The van der Waals surface area contributed by atoms with Crippen molar-refractivity contribution >= 4 is 21.7 Å². The van der Waals surface area contributed by atoms with E-state index in [9.17, 15) is 38.2 Å². The van der Waals surface area contributed by atoms with E-state index in [1.54, 1.807) is 0 Å². The van der Waals surface area contributed by atoms with Crippen molar-refractivity contribution in [1.29, 1.82) is 10.5 Å². The molecule has 0 rings (SSSR count). The Morgan fingerprint density at radius 1 is 0.947 bits per heavy atom. The van der Waals surface area contributed by atoms with Crippen LogP contribution in [0.1, 0.15) is 0 Å². The first-order chi connectivity index (χ1) is 8.61. The Morgan fingerprint density at radius 3 is 1.37 bits per heavy atom.